The molecule has 39 heavy (non-hydrogen) atoms. The Labute approximate surface area is 234 Å². The molecule has 1 amide bonds. The van der Waals surface area contributed by atoms with Crippen LogP contribution in [0.25, 0.3) is 0 Å². The van der Waals surface area contributed by atoms with Crippen molar-refractivity contribution in [2.45, 2.75) is 83.7 Å². The maximum absolute atomic E-state index is 13.3. The molecule has 8 heteroatoms. The van der Waals surface area contributed by atoms with E-state index in [2.05, 4.69) is 29.3 Å². The number of hydrogen-bond acceptors (Lipinski definition) is 6. The van der Waals surface area contributed by atoms with E-state index in [1.807, 2.05) is 12.1 Å². The Kier molecular flexibility index (Phi) is 10.7. The van der Waals surface area contributed by atoms with Crippen molar-refractivity contribution in [3.05, 3.63) is 54.1 Å². The van der Waals surface area contributed by atoms with E-state index in [0.717, 1.165) is 58.0 Å². The molecule has 2 aromatic carbocycles. The van der Waals surface area contributed by atoms with Crippen LogP contribution in [0.4, 0.5) is 0 Å². The third-order valence-corrected chi connectivity index (χ3v) is 8.49. The van der Waals surface area contributed by atoms with Crippen LogP contribution in [-0.4, -0.2) is 44.6 Å². The van der Waals surface area contributed by atoms with Gasteiger partial charge in [0.1, 0.15) is 17.2 Å². The number of ether oxygens (including phenoxy) is 1. The van der Waals surface area contributed by atoms with Crippen LogP contribution in [0, 0.1) is 11.8 Å². The average Bonchev–Trinajstić information content (AvgIpc) is 2.92. The number of hydrogen-bond donors (Lipinski definition) is 1. The van der Waals surface area contributed by atoms with Crippen LogP contribution in [0.15, 0.2) is 48.5 Å². The van der Waals surface area contributed by atoms with Crippen LogP contribution < -0.4 is 14.2 Å². The molecule has 1 aliphatic carbocycles. The van der Waals surface area contributed by atoms with E-state index in [1.165, 1.54) is 37.7 Å². The Morgan fingerprint density at radius 2 is 1.51 bits per heavy atom. The second kappa shape index (κ2) is 14.2. The predicted octanol–water partition coefficient (Wildman–Crippen LogP) is 6.28. The van der Waals surface area contributed by atoms with E-state index < -0.39 is 10.1 Å². The van der Waals surface area contributed by atoms with Gasteiger partial charge in [0.15, 0.2) is 0 Å². The van der Waals surface area contributed by atoms with Crippen molar-refractivity contribution in [2.24, 2.45) is 11.8 Å². The first-order valence-electron chi connectivity index (χ1n) is 14.6. The molecular weight excluding hydrogens is 512 g/mol. The van der Waals surface area contributed by atoms with Crippen molar-refractivity contribution in [2.75, 3.05) is 19.3 Å². The van der Waals surface area contributed by atoms with Crippen LogP contribution in [-0.2, 0) is 21.5 Å². The molecule has 1 unspecified atom stereocenters. The van der Waals surface area contributed by atoms with Crippen molar-refractivity contribution in [1.82, 2.24) is 10.2 Å². The number of carbonyl (C=O) groups excluding carboxylic acids is 1. The number of nitrogens with one attached hydrogen (secondary N) is 1. The molecule has 1 aliphatic heterocycles. The number of likely N-dealkylation sites (tertiary alicyclic amines) is 1. The molecule has 1 saturated carbocycles. The van der Waals surface area contributed by atoms with Crippen molar-refractivity contribution >= 4 is 16.0 Å². The highest BCUT2D eigenvalue weighted by Crippen LogP contribution is 2.33. The van der Waals surface area contributed by atoms with Crippen LogP contribution in [0.5, 0.6) is 17.2 Å². The van der Waals surface area contributed by atoms with E-state index in [-0.39, 0.29) is 17.7 Å². The molecule has 2 aromatic rings. The van der Waals surface area contributed by atoms with E-state index in [0.29, 0.717) is 23.3 Å². The summed E-state index contributed by atoms with van der Waals surface area (Å²) in [6, 6.07) is 14.8. The highest BCUT2D eigenvalue weighted by molar-refractivity contribution is 7.86. The molecule has 1 heterocycles. The summed E-state index contributed by atoms with van der Waals surface area (Å²) in [7, 11) is -3.55. The fraction of sp³-hybridized carbons (Fsp3) is 0.581. The van der Waals surface area contributed by atoms with Gasteiger partial charge in [-0.25, -0.2) is 0 Å². The van der Waals surface area contributed by atoms with Gasteiger partial charge in [0.25, 0.3) is 0 Å². The quantitative estimate of drug-likeness (QED) is 0.310. The number of benzene rings is 2. The molecule has 1 N–H and O–H groups in total. The van der Waals surface area contributed by atoms with Gasteiger partial charge >= 0.3 is 10.1 Å². The average molecular weight is 557 g/mol. The normalized spacial score (nSPS) is 18.4. The Balaban J connectivity index is 1.21. The summed E-state index contributed by atoms with van der Waals surface area (Å²) in [6.45, 7) is 5.05. The summed E-state index contributed by atoms with van der Waals surface area (Å²) in [5, 5.41) is 3.43. The number of unbranched alkanes of at least 4 members (excludes halogenated alkanes) is 1. The zero-order chi connectivity index (χ0) is 27.7. The molecule has 7 nitrogen and oxygen atoms in total. The zero-order valence-electron chi connectivity index (χ0n) is 23.4. The Bertz CT molecular complexity index is 1140. The largest absolute Gasteiger partial charge is 0.457 e. The Hall–Kier alpha value is -2.58. The van der Waals surface area contributed by atoms with Crippen molar-refractivity contribution in [3.63, 3.8) is 0 Å². The fourth-order valence-electron chi connectivity index (χ4n) is 5.88. The van der Waals surface area contributed by atoms with Gasteiger partial charge in [0.2, 0.25) is 5.91 Å². The first-order valence-corrected chi connectivity index (χ1v) is 16.4. The zero-order valence-corrected chi connectivity index (χ0v) is 24.3. The standard InChI is InChI=1S/C31H44N2O5S/c1-3-4-10-30(25-8-6-5-7-9-25)31(34)32-26-19-21-33(22-20-26)23-24-11-13-27(14-12-24)37-28-15-17-29(18-16-28)38-39(2,35)36/h11-18,25-26,30H,3-10,19-23H2,1-2H3,(H,32,34). The number of nitrogens with zero attached hydrogens (tertiary/aromatic N) is 1. The second-order valence-electron chi connectivity index (χ2n) is 11.2. The molecule has 0 aromatic heterocycles. The minimum atomic E-state index is -3.55. The van der Waals surface area contributed by atoms with Gasteiger partial charge < -0.3 is 14.2 Å². The summed E-state index contributed by atoms with van der Waals surface area (Å²) in [5.74, 6) is 2.65. The summed E-state index contributed by atoms with van der Waals surface area (Å²) in [5.41, 5.74) is 1.22. The number of carbonyl (C=O) groups is 1. The number of piperidine rings is 1. The first-order chi connectivity index (χ1) is 18.8. The van der Waals surface area contributed by atoms with Gasteiger partial charge in [-0.2, -0.15) is 8.42 Å². The lowest BCUT2D eigenvalue weighted by Crippen LogP contribution is -2.47. The minimum absolute atomic E-state index is 0.197. The summed E-state index contributed by atoms with van der Waals surface area (Å²) in [6.07, 6.45) is 12.7. The molecule has 0 spiro atoms. The van der Waals surface area contributed by atoms with Crippen molar-refractivity contribution in [1.29, 1.82) is 0 Å². The summed E-state index contributed by atoms with van der Waals surface area (Å²) < 4.78 is 33.2. The van der Waals surface area contributed by atoms with Crippen LogP contribution in [0.2, 0.25) is 0 Å². The monoisotopic (exact) mass is 556 g/mol. The molecule has 4 rings (SSSR count). The molecule has 2 fully saturated rings. The van der Waals surface area contributed by atoms with Gasteiger partial charge in [0, 0.05) is 31.6 Å². The van der Waals surface area contributed by atoms with Crippen LogP contribution in [0.1, 0.15) is 76.7 Å². The molecule has 0 bridgehead atoms. The highest BCUT2D eigenvalue weighted by atomic mass is 32.2. The lowest BCUT2D eigenvalue weighted by atomic mass is 9.77. The van der Waals surface area contributed by atoms with Crippen LogP contribution >= 0.6 is 0 Å². The second-order valence-corrected chi connectivity index (χ2v) is 12.8. The first kappa shape index (κ1) is 29.4. The van der Waals surface area contributed by atoms with E-state index in [1.54, 1.807) is 24.3 Å². The molecular formula is C31H44N2O5S. The maximum Gasteiger partial charge on any atom is 0.306 e. The minimum Gasteiger partial charge on any atom is -0.457 e. The summed E-state index contributed by atoms with van der Waals surface area (Å²) >= 11 is 0. The maximum atomic E-state index is 13.3. The van der Waals surface area contributed by atoms with Crippen molar-refractivity contribution in [3.8, 4) is 17.2 Å². The molecule has 2 aliphatic rings. The topological polar surface area (TPSA) is 84.9 Å². The van der Waals surface area contributed by atoms with Gasteiger partial charge in [-0.3, -0.25) is 9.69 Å². The molecule has 214 valence electrons. The number of amides is 1. The Morgan fingerprint density at radius 3 is 2.10 bits per heavy atom. The third-order valence-electron chi connectivity index (χ3n) is 7.99. The summed E-state index contributed by atoms with van der Waals surface area (Å²) in [4.78, 5) is 15.7. The van der Waals surface area contributed by atoms with E-state index >= 15 is 0 Å². The SMILES string of the molecule is CCCCC(C(=O)NC1CCN(Cc2ccc(Oc3ccc(OS(C)(=O)=O)cc3)cc2)CC1)C1CCCCC1. The number of rotatable bonds is 12. The third kappa shape index (κ3) is 9.53. The smallest absolute Gasteiger partial charge is 0.306 e. The lowest BCUT2D eigenvalue weighted by molar-refractivity contribution is -0.128. The predicted molar refractivity (Wildman–Crippen MR) is 154 cm³/mol. The van der Waals surface area contributed by atoms with Crippen LogP contribution in [0.3, 0.4) is 0 Å². The Morgan fingerprint density at radius 1 is 0.923 bits per heavy atom. The molecule has 1 saturated heterocycles. The van der Waals surface area contributed by atoms with E-state index in [4.69, 9.17) is 8.92 Å². The molecule has 0 radical (unpaired) electrons. The van der Waals surface area contributed by atoms with Gasteiger partial charge in [0.05, 0.1) is 6.26 Å². The fourth-order valence-corrected chi connectivity index (χ4v) is 6.34. The highest BCUT2D eigenvalue weighted by Gasteiger charge is 2.31. The van der Waals surface area contributed by atoms with E-state index in [9.17, 15) is 13.2 Å². The van der Waals surface area contributed by atoms with Gasteiger partial charge in [-0.1, -0.05) is 51.2 Å². The van der Waals surface area contributed by atoms with Gasteiger partial charge in [-0.05, 0) is 80.0 Å². The van der Waals surface area contributed by atoms with Crippen molar-refractivity contribution < 1.29 is 22.1 Å². The lowest BCUT2D eigenvalue weighted by Gasteiger charge is -2.35. The molecule has 1 atom stereocenters. The van der Waals surface area contributed by atoms with Gasteiger partial charge in [-0.15, -0.1) is 0 Å².